The highest BCUT2D eigenvalue weighted by atomic mass is 16.2. The summed E-state index contributed by atoms with van der Waals surface area (Å²) in [5, 5.41) is 19.2. The fraction of sp³-hybridized carbons (Fsp3) is 0.688. The van der Waals surface area contributed by atoms with E-state index in [-0.39, 0.29) is 18.5 Å². The molecule has 1 N–H and O–H groups in total. The smallest absolute Gasteiger partial charge is 0.242 e. The Morgan fingerprint density at radius 3 is 2.72 bits per heavy atom. The van der Waals surface area contributed by atoms with Crippen molar-refractivity contribution >= 4 is 5.91 Å². The normalized spacial score (nSPS) is 16.3. The van der Waals surface area contributed by atoms with Crippen molar-refractivity contribution in [3.63, 3.8) is 0 Å². The molecule has 3 heterocycles. The number of hydrogen-bond donors (Lipinski definition) is 1. The number of amides is 1. The summed E-state index contributed by atoms with van der Waals surface area (Å²) in [6.07, 6.45) is 2.43. The van der Waals surface area contributed by atoms with E-state index >= 15 is 0 Å². The van der Waals surface area contributed by atoms with Gasteiger partial charge in [0.1, 0.15) is 6.54 Å². The average Bonchev–Trinajstić information content (AvgIpc) is 3.25. The van der Waals surface area contributed by atoms with Gasteiger partial charge in [0.15, 0.2) is 5.82 Å². The summed E-state index contributed by atoms with van der Waals surface area (Å²) < 4.78 is 3.50. The zero-order chi connectivity index (χ0) is 17.8. The molecule has 1 amide bonds. The molecule has 1 saturated heterocycles. The van der Waals surface area contributed by atoms with Gasteiger partial charge in [-0.05, 0) is 63.2 Å². The molecule has 2 aromatic heterocycles. The third-order valence-corrected chi connectivity index (χ3v) is 4.42. The second kappa shape index (κ2) is 7.73. The van der Waals surface area contributed by atoms with Crippen molar-refractivity contribution in [3.05, 3.63) is 23.3 Å². The molecule has 25 heavy (non-hydrogen) atoms. The van der Waals surface area contributed by atoms with E-state index in [9.17, 15) is 4.79 Å². The average molecular weight is 346 g/mol. The highest BCUT2D eigenvalue weighted by Crippen LogP contribution is 2.10. The number of rotatable bonds is 7. The summed E-state index contributed by atoms with van der Waals surface area (Å²) in [4.78, 5) is 14.6. The molecular weight excluding hydrogens is 320 g/mol. The highest BCUT2D eigenvalue weighted by molar-refractivity contribution is 5.75. The fourth-order valence-corrected chi connectivity index (χ4v) is 3.22. The van der Waals surface area contributed by atoms with Crippen LogP contribution in [0.25, 0.3) is 0 Å². The van der Waals surface area contributed by atoms with Gasteiger partial charge < -0.3 is 5.32 Å². The van der Waals surface area contributed by atoms with E-state index in [1.165, 1.54) is 12.8 Å². The van der Waals surface area contributed by atoms with E-state index in [0.29, 0.717) is 13.1 Å². The number of aryl methyl sites for hydroxylation is 2. The van der Waals surface area contributed by atoms with Gasteiger partial charge in [-0.15, -0.1) is 5.10 Å². The molecule has 3 rings (SSSR count). The minimum atomic E-state index is -0.0935. The van der Waals surface area contributed by atoms with Crippen LogP contribution < -0.4 is 5.32 Å². The van der Waals surface area contributed by atoms with Crippen molar-refractivity contribution < 1.29 is 4.79 Å². The van der Waals surface area contributed by atoms with E-state index in [1.54, 1.807) is 4.68 Å². The van der Waals surface area contributed by atoms with Gasteiger partial charge in [-0.3, -0.25) is 14.4 Å². The predicted molar refractivity (Wildman–Crippen MR) is 91.6 cm³/mol. The first kappa shape index (κ1) is 17.5. The summed E-state index contributed by atoms with van der Waals surface area (Å²) in [6, 6.07) is 2.00. The molecule has 1 aliphatic heterocycles. The molecule has 0 radical (unpaired) electrons. The summed E-state index contributed by atoms with van der Waals surface area (Å²) in [7, 11) is 0. The van der Waals surface area contributed by atoms with Gasteiger partial charge in [0, 0.05) is 11.7 Å². The monoisotopic (exact) mass is 346 g/mol. The third-order valence-electron chi connectivity index (χ3n) is 4.42. The highest BCUT2D eigenvalue weighted by Gasteiger charge is 2.18. The molecule has 0 saturated carbocycles. The maximum absolute atomic E-state index is 12.3. The van der Waals surface area contributed by atoms with Crippen molar-refractivity contribution in [1.29, 1.82) is 0 Å². The lowest BCUT2D eigenvalue weighted by molar-refractivity contribution is -0.122. The van der Waals surface area contributed by atoms with Gasteiger partial charge in [0.05, 0.1) is 18.8 Å². The molecule has 9 nitrogen and oxygen atoms in total. The van der Waals surface area contributed by atoms with E-state index in [1.807, 2.05) is 31.5 Å². The minimum absolute atomic E-state index is 0.0241. The Bertz CT molecular complexity index is 716. The van der Waals surface area contributed by atoms with Crippen LogP contribution >= 0.6 is 0 Å². The lowest BCUT2D eigenvalue weighted by atomic mass is 10.3. The van der Waals surface area contributed by atoms with Crippen LogP contribution in [-0.2, 0) is 24.4 Å². The number of tetrazole rings is 1. The molecule has 9 heteroatoms. The summed E-state index contributed by atoms with van der Waals surface area (Å²) in [5.74, 6) is 0.646. The van der Waals surface area contributed by atoms with Crippen LogP contribution in [0.4, 0.5) is 0 Å². The molecule has 136 valence electrons. The van der Waals surface area contributed by atoms with Gasteiger partial charge in [0.25, 0.3) is 0 Å². The van der Waals surface area contributed by atoms with Crippen LogP contribution in [0, 0.1) is 13.8 Å². The molecule has 0 aliphatic carbocycles. The molecule has 0 bridgehead atoms. The Balaban J connectivity index is 1.52. The largest absolute Gasteiger partial charge is 0.350 e. The van der Waals surface area contributed by atoms with Gasteiger partial charge in [-0.25, -0.2) is 4.68 Å². The minimum Gasteiger partial charge on any atom is -0.350 e. The van der Waals surface area contributed by atoms with Crippen LogP contribution in [0.1, 0.15) is 37.0 Å². The summed E-state index contributed by atoms with van der Waals surface area (Å²) in [5.41, 5.74) is 2.07. The molecule has 1 fully saturated rings. The first-order chi connectivity index (χ1) is 12.0. The lowest BCUT2D eigenvalue weighted by Gasteiger charge is -2.16. The Morgan fingerprint density at radius 2 is 2.04 bits per heavy atom. The molecule has 2 aromatic rings. The van der Waals surface area contributed by atoms with Crippen LogP contribution in [0.5, 0.6) is 0 Å². The molecule has 0 spiro atoms. The van der Waals surface area contributed by atoms with E-state index in [2.05, 4.69) is 30.8 Å². The van der Waals surface area contributed by atoms with Crippen molar-refractivity contribution in [1.82, 2.24) is 40.2 Å². The number of aromatic nitrogens is 6. The standard InChI is InChI=1S/C16H26N8O/c1-12-8-14(3)23(19-12)9-13(2)17-16(25)11-24-15(18-20-21-24)10-22-6-4-5-7-22/h8,13H,4-7,9-11H2,1-3H3,(H,17,25)/t13-/m0/s1. The Kier molecular flexibility index (Phi) is 5.42. The molecule has 1 aliphatic rings. The topological polar surface area (TPSA) is 93.8 Å². The number of nitrogens with one attached hydrogen (secondary N) is 1. The van der Waals surface area contributed by atoms with Gasteiger partial charge >= 0.3 is 0 Å². The van der Waals surface area contributed by atoms with E-state index in [0.717, 1.165) is 30.3 Å². The number of hydrogen-bond acceptors (Lipinski definition) is 6. The molecule has 0 aromatic carbocycles. The first-order valence-corrected chi connectivity index (χ1v) is 8.79. The Labute approximate surface area is 147 Å². The SMILES string of the molecule is Cc1cc(C)n(C[C@H](C)NC(=O)Cn2nnnc2CN2CCCC2)n1. The van der Waals surface area contributed by atoms with Gasteiger partial charge in [0.2, 0.25) is 5.91 Å². The number of carbonyl (C=O) groups excluding carboxylic acids is 1. The van der Waals surface area contributed by atoms with Crippen molar-refractivity contribution in [2.24, 2.45) is 0 Å². The second-order valence-electron chi connectivity index (χ2n) is 6.81. The maximum Gasteiger partial charge on any atom is 0.242 e. The van der Waals surface area contributed by atoms with Gasteiger partial charge in [-0.2, -0.15) is 5.10 Å². The third kappa shape index (κ3) is 4.62. The summed E-state index contributed by atoms with van der Waals surface area (Å²) >= 11 is 0. The maximum atomic E-state index is 12.3. The second-order valence-corrected chi connectivity index (χ2v) is 6.81. The Hall–Kier alpha value is -2.29. The van der Waals surface area contributed by atoms with Crippen LogP contribution in [0.2, 0.25) is 0 Å². The molecular formula is C16H26N8O. The number of likely N-dealkylation sites (tertiary alicyclic amines) is 1. The fourth-order valence-electron chi connectivity index (χ4n) is 3.22. The summed E-state index contributed by atoms with van der Waals surface area (Å²) in [6.45, 7) is 9.56. The Morgan fingerprint density at radius 1 is 1.28 bits per heavy atom. The van der Waals surface area contributed by atoms with Crippen molar-refractivity contribution in [3.8, 4) is 0 Å². The van der Waals surface area contributed by atoms with E-state index in [4.69, 9.17) is 0 Å². The first-order valence-electron chi connectivity index (χ1n) is 8.79. The van der Waals surface area contributed by atoms with Crippen molar-refractivity contribution in [2.45, 2.75) is 59.3 Å². The quantitative estimate of drug-likeness (QED) is 0.774. The zero-order valence-electron chi connectivity index (χ0n) is 15.1. The zero-order valence-corrected chi connectivity index (χ0v) is 15.1. The van der Waals surface area contributed by atoms with E-state index < -0.39 is 0 Å². The number of carbonyl (C=O) groups is 1. The van der Waals surface area contributed by atoms with Crippen LogP contribution in [-0.4, -0.2) is 59.9 Å². The number of nitrogens with zero attached hydrogens (tertiary/aromatic N) is 7. The van der Waals surface area contributed by atoms with Gasteiger partial charge in [-0.1, -0.05) is 0 Å². The lowest BCUT2D eigenvalue weighted by Crippen LogP contribution is -2.38. The van der Waals surface area contributed by atoms with Crippen LogP contribution in [0.3, 0.4) is 0 Å². The van der Waals surface area contributed by atoms with Crippen LogP contribution in [0.15, 0.2) is 6.07 Å². The van der Waals surface area contributed by atoms with Crippen molar-refractivity contribution in [2.75, 3.05) is 13.1 Å². The molecule has 0 unspecified atom stereocenters. The molecule has 1 atom stereocenters. The predicted octanol–water partition coefficient (Wildman–Crippen LogP) is 0.287.